The van der Waals surface area contributed by atoms with Gasteiger partial charge in [0.15, 0.2) is 0 Å². The molecule has 2 nitrogen and oxygen atoms in total. The van der Waals surface area contributed by atoms with Gasteiger partial charge in [0.05, 0.1) is 18.3 Å². The third-order valence-electron chi connectivity index (χ3n) is 4.53. The molecule has 104 valence electrons. The van der Waals surface area contributed by atoms with Crippen LogP contribution in [0.2, 0.25) is 0 Å². The summed E-state index contributed by atoms with van der Waals surface area (Å²) >= 11 is 0. The Kier molecular flexibility index (Phi) is 5.25. The van der Waals surface area contributed by atoms with Gasteiger partial charge in [0.1, 0.15) is 0 Å². The van der Waals surface area contributed by atoms with E-state index >= 15 is 0 Å². The van der Waals surface area contributed by atoms with E-state index in [-0.39, 0.29) is 6.10 Å². The number of hydrogen-bond donors (Lipinski definition) is 1. The monoisotopic (exact) mass is 252 g/mol. The molecule has 0 bridgehead atoms. The van der Waals surface area contributed by atoms with Crippen LogP contribution >= 0.6 is 0 Å². The molecule has 0 amide bonds. The van der Waals surface area contributed by atoms with Gasteiger partial charge in [-0.25, -0.2) is 0 Å². The van der Waals surface area contributed by atoms with E-state index in [1.54, 1.807) is 0 Å². The maximum atomic E-state index is 9.66. The summed E-state index contributed by atoms with van der Waals surface area (Å²) in [6.45, 7) is 5.94. The van der Waals surface area contributed by atoms with Crippen LogP contribution in [0.1, 0.15) is 64.7 Å². The van der Waals surface area contributed by atoms with Gasteiger partial charge < -0.3 is 9.84 Å². The zero-order chi connectivity index (χ0) is 13.0. The Hall–Kier alpha value is -0.340. The van der Waals surface area contributed by atoms with Crippen molar-refractivity contribution in [2.75, 3.05) is 0 Å². The number of aliphatic hydroxyl groups is 1. The fraction of sp³-hybridized carbons (Fsp3) is 0.875. The van der Waals surface area contributed by atoms with Gasteiger partial charge in [-0.1, -0.05) is 44.3 Å². The summed E-state index contributed by atoms with van der Waals surface area (Å²) in [6.07, 6.45) is 12.6. The largest absolute Gasteiger partial charge is 0.393 e. The highest BCUT2D eigenvalue weighted by Gasteiger charge is 2.39. The number of hydrogen-bond acceptors (Lipinski definition) is 2. The third-order valence-corrected chi connectivity index (χ3v) is 4.53. The fourth-order valence-electron chi connectivity index (χ4n) is 3.24. The minimum atomic E-state index is -0.116. The lowest BCUT2D eigenvalue weighted by molar-refractivity contribution is 0.118. The van der Waals surface area contributed by atoms with Crippen LogP contribution in [0.5, 0.6) is 0 Å². The van der Waals surface area contributed by atoms with E-state index in [1.807, 2.05) is 6.92 Å². The van der Waals surface area contributed by atoms with Crippen molar-refractivity contribution in [1.29, 1.82) is 0 Å². The van der Waals surface area contributed by atoms with E-state index in [2.05, 4.69) is 6.58 Å². The van der Waals surface area contributed by atoms with Gasteiger partial charge in [0, 0.05) is 5.92 Å². The first-order valence-electron chi connectivity index (χ1n) is 7.67. The van der Waals surface area contributed by atoms with Crippen molar-refractivity contribution in [3.05, 3.63) is 12.2 Å². The first-order valence-corrected chi connectivity index (χ1v) is 7.67. The Morgan fingerprint density at radius 2 is 1.50 bits per heavy atom. The zero-order valence-corrected chi connectivity index (χ0v) is 11.7. The molecule has 3 aliphatic rings. The quantitative estimate of drug-likeness (QED) is 0.437. The maximum Gasteiger partial charge on any atom is 0.0841 e. The van der Waals surface area contributed by atoms with E-state index in [0.29, 0.717) is 18.1 Å². The van der Waals surface area contributed by atoms with E-state index < -0.39 is 0 Å². The molecule has 2 aliphatic carbocycles. The van der Waals surface area contributed by atoms with Gasteiger partial charge in [0.25, 0.3) is 0 Å². The summed E-state index contributed by atoms with van der Waals surface area (Å²) in [5.41, 5.74) is 1.15. The van der Waals surface area contributed by atoms with Crippen molar-refractivity contribution in [1.82, 2.24) is 0 Å². The van der Waals surface area contributed by atoms with Crippen molar-refractivity contribution >= 4 is 0 Å². The number of ether oxygens (including phenoxy) is 1. The molecule has 18 heavy (non-hydrogen) atoms. The molecule has 4 atom stereocenters. The minimum absolute atomic E-state index is 0.116. The van der Waals surface area contributed by atoms with E-state index in [1.165, 1.54) is 44.9 Å². The second-order valence-corrected chi connectivity index (χ2v) is 6.16. The van der Waals surface area contributed by atoms with Crippen molar-refractivity contribution in [3.63, 3.8) is 0 Å². The molecular weight excluding hydrogens is 224 g/mol. The third kappa shape index (κ3) is 4.10. The van der Waals surface area contributed by atoms with Crippen LogP contribution in [0.4, 0.5) is 0 Å². The number of fused-ring (bicyclic) bond motifs is 1. The summed E-state index contributed by atoms with van der Waals surface area (Å²) < 4.78 is 5.28. The molecule has 1 aliphatic heterocycles. The van der Waals surface area contributed by atoms with Gasteiger partial charge in [-0.3, -0.25) is 0 Å². The lowest BCUT2D eigenvalue weighted by Gasteiger charge is -2.19. The summed E-state index contributed by atoms with van der Waals surface area (Å²) in [5, 5.41) is 9.66. The van der Waals surface area contributed by atoms with Crippen molar-refractivity contribution < 1.29 is 9.84 Å². The average molecular weight is 252 g/mol. The standard InChI is InChI=1S/C10H18O.C6H10O/c1-8(2)9-6-4-3-5-7-10(9)11;1-2-4-6-5(3-1)7-6/h9-11H,1,3-7H2,2H3;5-6H,1-4H2. The van der Waals surface area contributed by atoms with Crippen LogP contribution in [-0.2, 0) is 4.74 Å². The van der Waals surface area contributed by atoms with E-state index in [9.17, 15) is 5.11 Å². The highest BCUT2D eigenvalue weighted by molar-refractivity contribution is 4.99. The van der Waals surface area contributed by atoms with Crippen LogP contribution in [0.25, 0.3) is 0 Å². The Labute approximate surface area is 111 Å². The molecule has 3 rings (SSSR count). The molecule has 0 radical (unpaired) electrons. The number of rotatable bonds is 1. The first-order chi connectivity index (χ1) is 8.68. The van der Waals surface area contributed by atoms with Gasteiger partial charge >= 0.3 is 0 Å². The van der Waals surface area contributed by atoms with Crippen molar-refractivity contribution in [2.45, 2.75) is 83.0 Å². The molecule has 1 heterocycles. The van der Waals surface area contributed by atoms with E-state index in [0.717, 1.165) is 18.4 Å². The van der Waals surface area contributed by atoms with Crippen LogP contribution in [-0.4, -0.2) is 23.4 Å². The first kappa shape index (κ1) is 14.1. The molecule has 0 aromatic rings. The predicted octanol–water partition coefficient (Wildman–Crippen LogP) is 3.83. The average Bonchev–Trinajstić information content (AvgIpc) is 3.12. The van der Waals surface area contributed by atoms with Gasteiger partial charge in [-0.15, -0.1) is 0 Å². The summed E-state index contributed by atoms with van der Waals surface area (Å²) in [7, 11) is 0. The number of epoxide rings is 1. The molecule has 3 fully saturated rings. The van der Waals surface area contributed by atoms with Gasteiger partial charge in [-0.05, 0) is 32.6 Å². The lowest BCUT2D eigenvalue weighted by atomic mass is 9.91. The summed E-state index contributed by atoms with van der Waals surface area (Å²) in [4.78, 5) is 0. The van der Waals surface area contributed by atoms with Crippen molar-refractivity contribution in [2.24, 2.45) is 5.92 Å². The van der Waals surface area contributed by atoms with E-state index in [4.69, 9.17) is 4.74 Å². The fourth-order valence-corrected chi connectivity index (χ4v) is 3.24. The minimum Gasteiger partial charge on any atom is -0.393 e. The molecule has 0 aromatic carbocycles. The molecule has 0 aromatic heterocycles. The molecule has 4 unspecified atom stereocenters. The lowest BCUT2D eigenvalue weighted by Crippen LogP contribution is -2.19. The maximum absolute atomic E-state index is 9.66. The predicted molar refractivity (Wildman–Crippen MR) is 74.5 cm³/mol. The number of aliphatic hydroxyl groups excluding tert-OH is 1. The van der Waals surface area contributed by atoms with Crippen LogP contribution in [0.3, 0.4) is 0 Å². The van der Waals surface area contributed by atoms with Crippen LogP contribution in [0, 0.1) is 5.92 Å². The summed E-state index contributed by atoms with van der Waals surface area (Å²) in [6, 6.07) is 0. The normalized spacial score (nSPS) is 38.8. The Bertz CT molecular complexity index is 264. The molecule has 2 saturated carbocycles. The van der Waals surface area contributed by atoms with Crippen LogP contribution < -0.4 is 0 Å². The topological polar surface area (TPSA) is 32.8 Å². The smallest absolute Gasteiger partial charge is 0.0841 e. The molecule has 2 heteroatoms. The summed E-state index contributed by atoms with van der Waals surface area (Å²) in [5.74, 6) is 0.373. The van der Waals surface area contributed by atoms with Crippen LogP contribution in [0.15, 0.2) is 12.2 Å². The van der Waals surface area contributed by atoms with Gasteiger partial charge in [0.2, 0.25) is 0 Å². The Balaban J connectivity index is 0.000000146. The highest BCUT2D eigenvalue weighted by atomic mass is 16.6. The molecule has 0 spiro atoms. The van der Waals surface area contributed by atoms with Crippen molar-refractivity contribution in [3.8, 4) is 0 Å². The molecular formula is C16H28O2. The Morgan fingerprint density at radius 3 is 2.06 bits per heavy atom. The second-order valence-electron chi connectivity index (χ2n) is 6.16. The zero-order valence-electron chi connectivity index (χ0n) is 11.7. The van der Waals surface area contributed by atoms with Gasteiger partial charge in [-0.2, -0.15) is 0 Å². The Morgan fingerprint density at radius 1 is 0.944 bits per heavy atom. The highest BCUT2D eigenvalue weighted by Crippen LogP contribution is 2.35. The molecule has 1 N–H and O–H groups in total. The SMILES string of the molecule is C1CCC2OC2C1.C=C(C)C1CCCCCC1O. The second kappa shape index (κ2) is 6.72. The molecule has 1 saturated heterocycles.